The summed E-state index contributed by atoms with van der Waals surface area (Å²) in [4.78, 5) is 38.8. The summed E-state index contributed by atoms with van der Waals surface area (Å²) in [6.07, 6.45) is 5.06. The molecule has 0 radical (unpaired) electrons. The van der Waals surface area contributed by atoms with Gasteiger partial charge in [-0.1, -0.05) is 6.07 Å². The third-order valence-electron chi connectivity index (χ3n) is 6.08. The normalized spacial score (nSPS) is 14.8. The van der Waals surface area contributed by atoms with Gasteiger partial charge in [-0.05, 0) is 49.4 Å². The highest BCUT2D eigenvalue weighted by Crippen LogP contribution is 2.25. The van der Waals surface area contributed by atoms with Crippen molar-refractivity contribution in [2.45, 2.75) is 26.3 Å². The number of nitrogens with zero attached hydrogens (tertiary/aromatic N) is 5. The van der Waals surface area contributed by atoms with Crippen LogP contribution in [-0.4, -0.2) is 37.3 Å². The van der Waals surface area contributed by atoms with Crippen LogP contribution in [0.25, 0.3) is 22.1 Å². The molecule has 0 aliphatic carbocycles. The van der Waals surface area contributed by atoms with Crippen LogP contribution >= 0.6 is 0 Å². The molecule has 1 N–H and O–H groups in total. The fourth-order valence-electron chi connectivity index (χ4n) is 4.16. The summed E-state index contributed by atoms with van der Waals surface area (Å²) < 4.78 is 8.24. The van der Waals surface area contributed by atoms with Crippen molar-refractivity contribution < 1.29 is 4.74 Å². The van der Waals surface area contributed by atoms with Gasteiger partial charge in [0.2, 0.25) is 5.95 Å². The number of hydrogen-bond acceptors (Lipinski definition) is 7. The van der Waals surface area contributed by atoms with E-state index < -0.39 is 11.1 Å². The van der Waals surface area contributed by atoms with Crippen molar-refractivity contribution in [3.8, 4) is 0 Å². The van der Waals surface area contributed by atoms with Crippen molar-refractivity contribution in [1.82, 2.24) is 24.1 Å². The van der Waals surface area contributed by atoms with Gasteiger partial charge in [-0.3, -0.25) is 19.1 Å². The van der Waals surface area contributed by atoms with Gasteiger partial charge in [0.25, 0.3) is 0 Å². The average molecular weight is 432 g/mol. The number of pyridine rings is 1. The van der Waals surface area contributed by atoms with E-state index in [-0.39, 0.29) is 5.92 Å². The van der Waals surface area contributed by atoms with E-state index in [2.05, 4.69) is 20.3 Å². The zero-order valence-corrected chi connectivity index (χ0v) is 18.0. The zero-order valence-electron chi connectivity index (χ0n) is 18.0. The van der Waals surface area contributed by atoms with E-state index in [0.29, 0.717) is 36.9 Å². The Kier molecular flexibility index (Phi) is 5.18. The van der Waals surface area contributed by atoms with Crippen molar-refractivity contribution in [1.29, 1.82) is 0 Å². The maximum Gasteiger partial charge on any atom is 0.318 e. The number of fused-ring (bicyclic) bond motifs is 2. The summed E-state index contributed by atoms with van der Waals surface area (Å²) in [6, 6.07) is 7.89. The maximum atomic E-state index is 12.9. The van der Waals surface area contributed by atoms with Gasteiger partial charge in [0.15, 0.2) is 5.65 Å². The van der Waals surface area contributed by atoms with Crippen LogP contribution in [-0.2, 0) is 18.3 Å². The van der Waals surface area contributed by atoms with Crippen molar-refractivity contribution in [3.63, 3.8) is 0 Å². The molecule has 0 unspecified atom stereocenters. The summed E-state index contributed by atoms with van der Waals surface area (Å²) in [5.41, 5.74) is 2.59. The number of nitrogens with one attached hydrogen (secondary N) is 1. The highest BCUT2D eigenvalue weighted by atomic mass is 16.5. The number of benzene rings is 1. The van der Waals surface area contributed by atoms with E-state index in [4.69, 9.17) is 4.74 Å². The molecule has 1 aromatic carbocycles. The van der Waals surface area contributed by atoms with E-state index in [0.717, 1.165) is 35.0 Å². The van der Waals surface area contributed by atoms with Gasteiger partial charge in [0, 0.05) is 44.1 Å². The van der Waals surface area contributed by atoms with Gasteiger partial charge in [0.05, 0.1) is 11.7 Å². The highest BCUT2D eigenvalue weighted by molar-refractivity contribution is 5.85. The second-order valence-electron chi connectivity index (χ2n) is 8.23. The van der Waals surface area contributed by atoms with E-state index in [9.17, 15) is 9.59 Å². The summed E-state index contributed by atoms with van der Waals surface area (Å²) in [5.74, 6) is 0.626. The SMILES string of the molecule is Cc1cc2ncccc2cc1Nc1ncc2c(n1)n(CC1CCOCC1)c(=O)c(=O)n2C. The average Bonchev–Trinajstić information content (AvgIpc) is 2.81. The lowest BCUT2D eigenvalue weighted by Crippen LogP contribution is -2.42. The van der Waals surface area contributed by atoms with Crippen LogP contribution in [0.1, 0.15) is 18.4 Å². The second-order valence-corrected chi connectivity index (χ2v) is 8.23. The lowest BCUT2D eigenvalue weighted by molar-refractivity contribution is 0.0612. The Morgan fingerprint density at radius 3 is 2.78 bits per heavy atom. The van der Waals surface area contributed by atoms with E-state index >= 15 is 0 Å². The minimum atomic E-state index is -0.577. The van der Waals surface area contributed by atoms with Crippen LogP contribution < -0.4 is 16.4 Å². The molecule has 164 valence electrons. The Labute approximate surface area is 183 Å². The lowest BCUT2D eigenvalue weighted by atomic mass is 10.0. The van der Waals surface area contributed by atoms with Gasteiger partial charge in [0.1, 0.15) is 5.52 Å². The smallest absolute Gasteiger partial charge is 0.318 e. The summed E-state index contributed by atoms with van der Waals surface area (Å²) in [5, 5.41) is 4.27. The minimum absolute atomic E-state index is 0.262. The van der Waals surface area contributed by atoms with Gasteiger partial charge in [-0.2, -0.15) is 4.98 Å². The number of ether oxygens (including phenoxy) is 1. The number of aryl methyl sites for hydroxylation is 2. The summed E-state index contributed by atoms with van der Waals surface area (Å²) in [6.45, 7) is 3.76. The molecule has 9 nitrogen and oxygen atoms in total. The molecule has 0 spiro atoms. The molecule has 0 bridgehead atoms. The molecule has 1 aliphatic rings. The molecule has 4 aromatic rings. The third-order valence-corrected chi connectivity index (χ3v) is 6.08. The van der Waals surface area contributed by atoms with Crippen molar-refractivity contribution in [2.24, 2.45) is 13.0 Å². The molecule has 1 aliphatic heterocycles. The number of aromatic nitrogens is 5. The molecule has 1 fully saturated rings. The first-order chi connectivity index (χ1) is 15.5. The Hall–Kier alpha value is -3.59. The van der Waals surface area contributed by atoms with E-state index in [1.165, 1.54) is 9.13 Å². The van der Waals surface area contributed by atoms with Crippen molar-refractivity contribution in [3.05, 3.63) is 62.9 Å². The molecule has 1 saturated heterocycles. The van der Waals surface area contributed by atoms with Gasteiger partial charge >= 0.3 is 11.1 Å². The minimum Gasteiger partial charge on any atom is -0.381 e. The molecular formula is C23H24N6O3. The van der Waals surface area contributed by atoms with Gasteiger partial charge in [-0.15, -0.1) is 0 Å². The van der Waals surface area contributed by atoms with Gasteiger partial charge in [-0.25, -0.2) is 4.98 Å². The molecule has 3 aromatic heterocycles. The number of hydrogen-bond donors (Lipinski definition) is 1. The number of rotatable bonds is 4. The first-order valence-corrected chi connectivity index (χ1v) is 10.7. The first kappa shape index (κ1) is 20.3. The van der Waals surface area contributed by atoms with Crippen LogP contribution in [0.3, 0.4) is 0 Å². The van der Waals surface area contributed by atoms with Crippen molar-refractivity contribution in [2.75, 3.05) is 18.5 Å². The Morgan fingerprint density at radius 2 is 1.97 bits per heavy atom. The maximum absolute atomic E-state index is 12.9. The fourth-order valence-corrected chi connectivity index (χ4v) is 4.16. The van der Waals surface area contributed by atoms with Crippen LogP contribution in [0.5, 0.6) is 0 Å². The van der Waals surface area contributed by atoms with Crippen LogP contribution in [0, 0.1) is 12.8 Å². The molecule has 5 rings (SSSR count). The largest absolute Gasteiger partial charge is 0.381 e. The highest BCUT2D eigenvalue weighted by Gasteiger charge is 2.20. The van der Waals surface area contributed by atoms with E-state index in [1.54, 1.807) is 19.4 Å². The number of anilines is 2. The Balaban J connectivity index is 1.59. The fraction of sp³-hybridized carbons (Fsp3) is 0.348. The molecule has 0 amide bonds. The first-order valence-electron chi connectivity index (χ1n) is 10.7. The van der Waals surface area contributed by atoms with Gasteiger partial charge < -0.3 is 14.6 Å². The van der Waals surface area contributed by atoms with Crippen LogP contribution in [0.4, 0.5) is 11.6 Å². The summed E-state index contributed by atoms with van der Waals surface area (Å²) in [7, 11) is 1.57. The lowest BCUT2D eigenvalue weighted by Gasteiger charge is -2.23. The molecular weight excluding hydrogens is 408 g/mol. The third kappa shape index (κ3) is 3.64. The monoisotopic (exact) mass is 432 g/mol. The second kappa shape index (κ2) is 8.16. The summed E-state index contributed by atoms with van der Waals surface area (Å²) >= 11 is 0. The topological polar surface area (TPSA) is 104 Å². The standard InChI is InChI=1S/C23H24N6O3/c1-14-10-18-16(4-3-7-24-18)11-17(14)26-23-25-12-19-20(27-23)29(22(31)21(30)28(19)2)13-15-5-8-32-9-6-15/h3-4,7,10-12,15H,5-6,8-9,13H2,1-2H3,(H,25,26,27). The Bertz CT molecular complexity index is 1440. The predicted octanol–water partition coefficient (Wildman–Crippen LogP) is 2.52. The molecule has 0 saturated carbocycles. The van der Waals surface area contributed by atoms with Crippen LogP contribution in [0.15, 0.2) is 46.2 Å². The molecule has 4 heterocycles. The van der Waals surface area contributed by atoms with Crippen molar-refractivity contribution >= 4 is 33.7 Å². The van der Waals surface area contributed by atoms with Crippen LogP contribution in [0.2, 0.25) is 0 Å². The molecule has 32 heavy (non-hydrogen) atoms. The quantitative estimate of drug-likeness (QED) is 0.494. The van der Waals surface area contributed by atoms with E-state index in [1.807, 2.05) is 31.2 Å². The predicted molar refractivity (Wildman–Crippen MR) is 122 cm³/mol. The molecule has 0 atom stereocenters. The zero-order chi connectivity index (χ0) is 22.2. The molecule has 9 heteroatoms. The Morgan fingerprint density at radius 1 is 1.16 bits per heavy atom.